The molecule has 0 radical (unpaired) electrons. The monoisotopic (exact) mass is 428 g/mol. The van der Waals surface area contributed by atoms with E-state index in [4.69, 9.17) is 12.2 Å². The lowest BCUT2D eigenvalue weighted by Gasteiger charge is -2.15. The van der Waals surface area contributed by atoms with Crippen molar-refractivity contribution in [1.29, 1.82) is 0 Å². The van der Waals surface area contributed by atoms with Crippen molar-refractivity contribution < 1.29 is 18.0 Å². The zero-order valence-corrected chi connectivity index (χ0v) is 16.8. The molecule has 2 amide bonds. The number of amides is 2. The number of thiocarbonyl (C=S) groups is 1. The van der Waals surface area contributed by atoms with Crippen molar-refractivity contribution in [3.63, 3.8) is 0 Å². The molecule has 0 spiro atoms. The number of thiophene rings is 1. The SMILES string of the molecule is O=C(CCCN1C(=O)/C(=C/c2cccs2)SC1=S)NC1C=CS(=O)(=O)C1. The van der Waals surface area contributed by atoms with Crippen molar-refractivity contribution in [3.05, 3.63) is 38.8 Å². The standard InChI is InChI=1S/C16H16N2O4S4/c19-14(17-11-5-8-26(21,22)10-11)4-1-6-18-15(20)13(25-16(18)23)9-12-3-2-7-24-12/h2-3,5,7-9,11H,1,4,6,10H2,(H,17,19)/b13-9-. The molecule has 0 aromatic carbocycles. The summed E-state index contributed by atoms with van der Waals surface area (Å²) in [7, 11) is -3.19. The van der Waals surface area contributed by atoms with Crippen LogP contribution >= 0.6 is 35.3 Å². The Balaban J connectivity index is 1.47. The van der Waals surface area contributed by atoms with Crippen molar-refractivity contribution in [2.24, 2.45) is 0 Å². The second kappa shape index (κ2) is 8.03. The molecular weight excluding hydrogens is 412 g/mol. The Bertz CT molecular complexity index is 887. The molecular formula is C16H16N2O4S4. The highest BCUT2D eigenvalue weighted by molar-refractivity contribution is 8.26. The molecule has 2 aliphatic heterocycles. The molecule has 138 valence electrons. The van der Waals surface area contributed by atoms with E-state index in [-0.39, 0.29) is 24.0 Å². The van der Waals surface area contributed by atoms with Gasteiger partial charge in [0.1, 0.15) is 4.32 Å². The summed E-state index contributed by atoms with van der Waals surface area (Å²) in [5.74, 6) is -0.476. The summed E-state index contributed by atoms with van der Waals surface area (Å²) in [6, 6.07) is 3.37. The van der Waals surface area contributed by atoms with Gasteiger partial charge in [-0.25, -0.2) is 8.42 Å². The van der Waals surface area contributed by atoms with Gasteiger partial charge in [-0.2, -0.15) is 0 Å². The molecule has 0 bridgehead atoms. The molecule has 1 fully saturated rings. The van der Waals surface area contributed by atoms with E-state index in [0.29, 0.717) is 22.2 Å². The van der Waals surface area contributed by atoms with Crippen LogP contribution in [0.15, 0.2) is 33.9 Å². The van der Waals surface area contributed by atoms with Gasteiger partial charge in [-0.1, -0.05) is 30.0 Å². The van der Waals surface area contributed by atoms with Crippen LogP contribution < -0.4 is 5.32 Å². The van der Waals surface area contributed by atoms with Gasteiger partial charge in [0.05, 0.1) is 16.7 Å². The summed E-state index contributed by atoms with van der Waals surface area (Å²) in [5.41, 5.74) is 0. The van der Waals surface area contributed by atoms with E-state index >= 15 is 0 Å². The summed E-state index contributed by atoms with van der Waals surface area (Å²) < 4.78 is 23.1. The number of carbonyl (C=O) groups excluding carboxylic acids is 2. The maximum absolute atomic E-state index is 12.4. The predicted molar refractivity (Wildman–Crippen MR) is 108 cm³/mol. The largest absolute Gasteiger partial charge is 0.349 e. The third kappa shape index (κ3) is 4.81. The first-order chi connectivity index (χ1) is 12.3. The fourth-order valence-electron chi connectivity index (χ4n) is 2.54. The highest BCUT2D eigenvalue weighted by atomic mass is 32.2. The normalized spacial score (nSPS) is 23.2. The quantitative estimate of drug-likeness (QED) is 0.552. The number of thioether (sulfide) groups is 1. The Labute approximate surface area is 165 Å². The zero-order valence-electron chi connectivity index (χ0n) is 13.6. The third-order valence-corrected chi connectivity index (χ3v) is 7.34. The van der Waals surface area contributed by atoms with E-state index in [1.165, 1.54) is 22.7 Å². The van der Waals surface area contributed by atoms with Gasteiger partial charge in [-0.3, -0.25) is 14.5 Å². The van der Waals surface area contributed by atoms with Crippen LogP contribution in [0.5, 0.6) is 0 Å². The van der Waals surface area contributed by atoms with Crippen LogP contribution in [-0.4, -0.2) is 47.8 Å². The van der Waals surface area contributed by atoms with Crippen molar-refractivity contribution >= 4 is 67.4 Å². The molecule has 0 aliphatic carbocycles. The maximum atomic E-state index is 12.4. The van der Waals surface area contributed by atoms with Gasteiger partial charge in [0, 0.05) is 23.3 Å². The first kappa shape index (κ1) is 19.3. The summed E-state index contributed by atoms with van der Waals surface area (Å²) >= 11 is 8.07. The fraction of sp³-hybridized carbons (Fsp3) is 0.312. The van der Waals surface area contributed by atoms with Crippen LogP contribution in [0.1, 0.15) is 17.7 Å². The van der Waals surface area contributed by atoms with E-state index in [2.05, 4.69) is 5.32 Å². The second-order valence-electron chi connectivity index (χ2n) is 5.78. The number of nitrogens with zero attached hydrogens (tertiary/aromatic N) is 1. The van der Waals surface area contributed by atoms with Gasteiger partial charge in [0.25, 0.3) is 5.91 Å². The molecule has 2 aliphatic rings. The molecule has 6 nitrogen and oxygen atoms in total. The number of sulfone groups is 1. The van der Waals surface area contributed by atoms with Crippen LogP contribution in [0.4, 0.5) is 0 Å². The number of hydrogen-bond acceptors (Lipinski definition) is 7. The molecule has 10 heteroatoms. The Morgan fingerprint density at radius 1 is 1.46 bits per heavy atom. The van der Waals surface area contributed by atoms with E-state index in [1.54, 1.807) is 11.3 Å². The van der Waals surface area contributed by atoms with E-state index in [1.807, 2.05) is 23.6 Å². The number of hydrogen-bond donors (Lipinski definition) is 1. The summed E-state index contributed by atoms with van der Waals surface area (Å²) in [4.78, 5) is 27.5. The van der Waals surface area contributed by atoms with Crippen LogP contribution in [-0.2, 0) is 19.4 Å². The van der Waals surface area contributed by atoms with E-state index < -0.39 is 15.9 Å². The number of carbonyl (C=O) groups is 2. The van der Waals surface area contributed by atoms with E-state index in [0.717, 1.165) is 10.3 Å². The van der Waals surface area contributed by atoms with Crippen molar-refractivity contribution in [2.45, 2.75) is 18.9 Å². The Morgan fingerprint density at radius 3 is 2.92 bits per heavy atom. The topological polar surface area (TPSA) is 83.6 Å². The van der Waals surface area contributed by atoms with Crippen LogP contribution in [0.2, 0.25) is 0 Å². The Morgan fingerprint density at radius 2 is 2.27 bits per heavy atom. The minimum Gasteiger partial charge on any atom is -0.349 e. The lowest BCUT2D eigenvalue weighted by atomic mass is 10.2. The molecule has 1 unspecified atom stereocenters. The molecule has 3 rings (SSSR count). The van der Waals surface area contributed by atoms with Gasteiger partial charge in [-0.15, -0.1) is 11.3 Å². The van der Waals surface area contributed by atoms with Crippen molar-refractivity contribution in [3.8, 4) is 0 Å². The molecule has 1 N–H and O–H groups in total. The molecule has 1 aromatic heterocycles. The maximum Gasteiger partial charge on any atom is 0.266 e. The Kier molecular flexibility index (Phi) is 5.96. The second-order valence-corrected chi connectivity index (χ2v) is 10.4. The molecule has 3 heterocycles. The first-order valence-corrected chi connectivity index (χ1v) is 11.7. The fourth-order valence-corrected chi connectivity index (χ4v) is 5.80. The van der Waals surface area contributed by atoms with Crippen molar-refractivity contribution in [2.75, 3.05) is 12.3 Å². The van der Waals surface area contributed by atoms with E-state index in [9.17, 15) is 18.0 Å². The minimum absolute atomic E-state index is 0.0963. The molecule has 0 saturated carbocycles. The summed E-state index contributed by atoms with van der Waals surface area (Å²) in [6.07, 6.45) is 3.95. The van der Waals surface area contributed by atoms with Gasteiger partial charge < -0.3 is 5.32 Å². The van der Waals surface area contributed by atoms with Gasteiger partial charge in [-0.05, 0) is 30.0 Å². The highest BCUT2D eigenvalue weighted by Gasteiger charge is 2.31. The average molecular weight is 429 g/mol. The summed E-state index contributed by atoms with van der Waals surface area (Å²) in [5, 5.41) is 5.73. The van der Waals surface area contributed by atoms with Crippen LogP contribution in [0, 0.1) is 0 Å². The zero-order chi connectivity index (χ0) is 18.7. The first-order valence-electron chi connectivity index (χ1n) is 7.83. The molecule has 1 aromatic rings. The highest BCUT2D eigenvalue weighted by Crippen LogP contribution is 2.33. The number of rotatable bonds is 6. The third-order valence-electron chi connectivity index (χ3n) is 3.75. The Hall–Kier alpha value is -1.49. The molecule has 26 heavy (non-hydrogen) atoms. The smallest absolute Gasteiger partial charge is 0.266 e. The lowest BCUT2D eigenvalue weighted by molar-refractivity contribution is -0.124. The van der Waals surface area contributed by atoms with Crippen LogP contribution in [0.3, 0.4) is 0 Å². The average Bonchev–Trinajstić information content (AvgIpc) is 3.25. The summed E-state index contributed by atoms with van der Waals surface area (Å²) in [6.45, 7) is 0.360. The minimum atomic E-state index is -3.19. The van der Waals surface area contributed by atoms with Crippen LogP contribution in [0.25, 0.3) is 6.08 Å². The van der Waals surface area contributed by atoms with Gasteiger partial charge in [0.2, 0.25) is 5.91 Å². The van der Waals surface area contributed by atoms with Gasteiger partial charge >= 0.3 is 0 Å². The van der Waals surface area contributed by atoms with Crippen molar-refractivity contribution in [1.82, 2.24) is 10.2 Å². The van der Waals surface area contributed by atoms with Gasteiger partial charge in [0.15, 0.2) is 9.84 Å². The molecule has 1 atom stereocenters. The number of nitrogens with one attached hydrogen (secondary N) is 1. The molecule has 1 saturated heterocycles. The predicted octanol–water partition coefficient (Wildman–Crippen LogP) is 2.16. The lowest BCUT2D eigenvalue weighted by Crippen LogP contribution is -2.36.